The second kappa shape index (κ2) is 7.54. The number of carbonyl (C=O) groups is 1. The normalized spacial score (nSPS) is 12.1. The van der Waals surface area contributed by atoms with Crippen LogP contribution in [-0.2, 0) is 11.8 Å². The van der Waals surface area contributed by atoms with Gasteiger partial charge < -0.3 is 10.1 Å². The SMILES string of the molecule is COC[C@H](C)NC(=O)c1cc(-n2nccc2C)nn(-c2cnn(C)c2)c1=O. The first-order chi connectivity index (χ1) is 12.9. The average molecular weight is 371 g/mol. The Morgan fingerprint density at radius 1 is 1.33 bits per heavy atom. The molecule has 0 radical (unpaired) electrons. The molecular weight excluding hydrogens is 350 g/mol. The lowest BCUT2D eigenvalue weighted by atomic mass is 10.2. The zero-order valence-electron chi connectivity index (χ0n) is 15.6. The molecule has 0 aliphatic rings. The van der Waals surface area contributed by atoms with Crippen molar-refractivity contribution >= 4 is 5.91 Å². The highest BCUT2D eigenvalue weighted by molar-refractivity contribution is 5.94. The molecule has 0 bridgehead atoms. The van der Waals surface area contributed by atoms with Gasteiger partial charge in [-0.05, 0) is 19.9 Å². The van der Waals surface area contributed by atoms with E-state index in [1.165, 1.54) is 12.3 Å². The number of nitrogens with zero attached hydrogens (tertiary/aromatic N) is 6. The minimum atomic E-state index is -0.543. The first kappa shape index (κ1) is 18.5. The summed E-state index contributed by atoms with van der Waals surface area (Å²) in [5, 5.41) is 15.4. The maximum Gasteiger partial charge on any atom is 0.284 e. The number of aromatic nitrogens is 6. The third-order valence-corrected chi connectivity index (χ3v) is 3.92. The van der Waals surface area contributed by atoms with Crippen molar-refractivity contribution in [2.45, 2.75) is 19.9 Å². The first-order valence-electron chi connectivity index (χ1n) is 8.35. The predicted octanol–water partition coefficient (Wildman–Crippen LogP) is 0.225. The molecular formula is C17H21N7O3. The van der Waals surface area contributed by atoms with Gasteiger partial charge in [0.2, 0.25) is 0 Å². The van der Waals surface area contributed by atoms with Crippen LogP contribution in [-0.4, -0.2) is 55.0 Å². The van der Waals surface area contributed by atoms with E-state index in [4.69, 9.17) is 4.74 Å². The lowest BCUT2D eigenvalue weighted by Crippen LogP contribution is -2.40. The number of ether oxygens (including phenoxy) is 1. The summed E-state index contributed by atoms with van der Waals surface area (Å²) >= 11 is 0. The van der Waals surface area contributed by atoms with Crippen molar-refractivity contribution < 1.29 is 9.53 Å². The highest BCUT2D eigenvalue weighted by atomic mass is 16.5. The maximum absolute atomic E-state index is 12.9. The molecule has 0 saturated carbocycles. The van der Waals surface area contributed by atoms with Crippen LogP contribution < -0.4 is 10.9 Å². The quantitative estimate of drug-likeness (QED) is 0.664. The second-order valence-corrected chi connectivity index (χ2v) is 6.22. The fourth-order valence-corrected chi connectivity index (χ4v) is 2.64. The summed E-state index contributed by atoms with van der Waals surface area (Å²) in [7, 11) is 3.28. The van der Waals surface area contributed by atoms with Gasteiger partial charge in [-0.25, -0.2) is 4.68 Å². The van der Waals surface area contributed by atoms with E-state index in [2.05, 4.69) is 20.6 Å². The van der Waals surface area contributed by atoms with Crippen molar-refractivity contribution in [2.75, 3.05) is 13.7 Å². The van der Waals surface area contributed by atoms with Gasteiger partial charge in [-0.3, -0.25) is 14.3 Å². The van der Waals surface area contributed by atoms with E-state index >= 15 is 0 Å². The van der Waals surface area contributed by atoms with E-state index in [1.807, 2.05) is 13.0 Å². The van der Waals surface area contributed by atoms with Crippen LogP contribution in [0.2, 0.25) is 0 Å². The average Bonchev–Trinajstić information content (AvgIpc) is 3.23. The topological polar surface area (TPSA) is 109 Å². The van der Waals surface area contributed by atoms with Crippen LogP contribution in [0.1, 0.15) is 23.0 Å². The number of hydrogen-bond donors (Lipinski definition) is 1. The van der Waals surface area contributed by atoms with Crippen LogP contribution in [0.3, 0.4) is 0 Å². The van der Waals surface area contributed by atoms with Gasteiger partial charge in [0.15, 0.2) is 5.82 Å². The summed E-state index contributed by atoms with van der Waals surface area (Å²) in [6.07, 6.45) is 4.77. The fraction of sp³-hybridized carbons (Fsp3) is 0.353. The molecule has 27 heavy (non-hydrogen) atoms. The molecule has 0 aliphatic carbocycles. The standard InChI is InChI=1S/C17H21N7O3/c1-11(10-27-4)20-16(25)14-7-15(23-12(2)5-6-18-23)21-24(17(14)26)13-8-19-22(3)9-13/h5-9,11H,10H2,1-4H3,(H,20,25)/t11-/m0/s1. The highest BCUT2D eigenvalue weighted by Crippen LogP contribution is 2.10. The van der Waals surface area contributed by atoms with Gasteiger partial charge in [-0.1, -0.05) is 0 Å². The first-order valence-corrected chi connectivity index (χ1v) is 8.35. The molecule has 0 saturated heterocycles. The number of hydrogen-bond acceptors (Lipinski definition) is 6. The Kier molecular flexibility index (Phi) is 5.17. The lowest BCUT2D eigenvalue weighted by molar-refractivity contribution is 0.0903. The van der Waals surface area contributed by atoms with Crippen molar-refractivity contribution in [3.63, 3.8) is 0 Å². The minimum absolute atomic E-state index is 0.0401. The predicted molar refractivity (Wildman–Crippen MR) is 97.3 cm³/mol. The van der Waals surface area contributed by atoms with Gasteiger partial charge in [0.05, 0.1) is 19.0 Å². The van der Waals surface area contributed by atoms with E-state index in [0.29, 0.717) is 18.1 Å². The Morgan fingerprint density at radius 3 is 2.70 bits per heavy atom. The fourth-order valence-electron chi connectivity index (χ4n) is 2.64. The van der Waals surface area contributed by atoms with Crippen molar-refractivity contribution in [3.8, 4) is 11.5 Å². The Morgan fingerprint density at radius 2 is 2.11 bits per heavy atom. The van der Waals surface area contributed by atoms with Crippen LogP contribution in [0.25, 0.3) is 11.5 Å². The number of methoxy groups -OCH3 is 1. The lowest BCUT2D eigenvalue weighted by Gasteiger charge is -2.14. The van der Waals surface area contributed by atoms with Gasteiger partial charge in [0.25, 0.3) is 11.5 Å². The Labute approximate surface area is 155 Å². The summed E-state index contributed by atoms with van der Waals surface area (Å²) in [4.78, 5) is 25.6. The largest absolute Gasteiger partial charge is 0.383 e. The summed E-state index contributed by atoms with van der Waals surface area (Å²) in [5.41, 5.74) is 0.687. The zero-order valence-corrected chi connectivity index (χ0v) is 15.6. The molecule has 10 heteroatoms. The molecule has 142 valence electrons. The van der Waals surface area contributed by atoms with E-state index in [9.17, 15) is 9.59 Å². The molecule has 10 nitrogen and oxygen atoms in total. The van der Waals surface area contributed by atoms with Gasteiger partial charge in [0.1, 0.15) is 11.3 Å². The summed E-state index contributed by atoms with van der Waals surface area (Å²) < 4.78 is 9.29. The molecule has 0 aromatic carbocycles. The van der Waals surface area contributed by atoms with Gasteiger partial charge in [-0.15, -0.1) is 5.10 Å². The number of carbonyl (C=O) groups excluding carboxylic acids is 1. The van der Waals surface area contributed by atoms with E-state index in [-0.39, 0.29) is 11.6 Å². The Hall–Kier alpha value is -3.27. The van der Waals surface area contributed by atoms with Crippen molar-refractivity contribution in [1.82, 2.24) is 34.7 Å². The highest BCUT2D eigenvalue weighted by Gasteiger charge is 2.20. The molecule has 1 amide bonds. The zero-order chi connectivity index (χ0) is 19.6. The van der Waals surface area contributed by atoms with Crippen molar-refractivity contribution in [2.24, 2.45) is 7.05 Å². The molecule has 3 aromatic rings. The maximum atomic E-state index is 12.9. The van der Waals surface area contributed by atoms with Crippen molar-refractivity contribution in [1.29, 1.82) is 0 Å². The minimum Gasteiger partial charge on any atom is -0.383 e. The third kappa shape index (κ3) is 3.80. The Bertz CT molecular complexity index is 1020. The molecule has 3 heterocycles. The second-order valence-electron chi connectivity index (χ2n) is 6.22. The molecule has 3 rings (SSSR count). The molecule has 0 aliphatic heterocycles. The number of rotatable bonds is 6. The summed E-state index contributed by atoms with van der Waals surface area (Å²) in [6, 6.07) is 2.99. The number of aryl methyl sites for hydroxylation is 2. The van der Waals surface area contributed by atoms with E-state index < -0.39 is 11.5 Å². The van der Waals surface area contributed by atoms with E-state index in [0.717, 1.165) is 10.4 Å². The van der Waals surface area contributed by atoms with Crippen LogP contribution in [0.15, 0.2) is 35.5 Å². The van der Waals surface area contributed by atoms with E-state index in [1.54, 1.807) is 42.8 Å². The molecule has 3 aromatic heterocycles. The third-order valence-electron chi connectivity index (χ3n) is 3.92. The summed E-state index contributed by atoms with van der Waals surface area (Å²) in [6.45, 7) is 3.98. The van der Waals surface area contributed by atoms with Crippen LogP contribution >= 0.6 is 0 Å². The van der Waals surface area contributed by atoms with Crippen LogP contribution in [0.4, 0.5) is 0 Å². The molecule has 0 spiro atoms. The van der Waals surface area contributed by atoms with Gasteiger partial charge >= 0.3 is 0 Å². The molecule has 1 atom stereocenters. The summed E-state index contributed by atoms with van der Waals surface area (Å²) in [5.74, 6) is -0.152. The number of nitrogens with one attached hydrogen (secondary N) is 1. The molecule has 1 N–H and O–H groups in total. The molecule has 0 unspecified atom stereocenters. The van der Waals surface area contributed by atoms with Gasteiger partial charge in [0, 0.05) is 38.2 Å². The Balaban J connectivity index is 2.13. The van der Waals surface area contributed by atoms with Crippen LogP contribution in [0, 0.1) is 6.92 Å². The number of amides is 1. The van der Waals surface area contributed by atoms with Gasteiger partial charge in [-0.2, -0.15) is 14.9 Å². The van der Waals surface area contributed by atoms with Crippen LogP contribution in [0.5, 0.6) is 0 Å². The monoisotopic (exact) mass is 371 g/mol. The smallest absolute Gasteiger partial charge is 0.284 e. The molecule has 0 fully saturated rings. The van der Waals surface area contributed by atoms with Crippen molar-refractivity contribution in [3.05, 3.63) is 52.3 Å².